The molecule has 0 spiro atoms. The van der Waals surface area contributed by atoms with Gasteiger partial charge in [-0.3, -0.25) is 9.69 Å². The Morgan fingerprint density at radius 1 is 1.10 bits per heavy atom. The monoisotopic (exact) mass is 329 g/mol. The van der Waals surface area contributed by atoms with Crippen LogP contribution in [0.2, 0.25) is 0 Å². The zero-order chi connectivity index (χ0) is 16.3. The first-order valence-corrected chi connectivity index (χ1v) is 6.02. The number of hydrogen-bond acceptors (Lipinski definition) is 2. The van der Waals surface area contributed by atoms with Gasteiger partial charge in [-0.25, -0.2) is 4.39 Å². The van der Waals surface area contributed by atoms with E-state index in [1.54, 1.807) is 0 Å². The van der Waals surface area contributed by atoms with Gasteiger partial charge in [0.15, 0.2) is 0 Å². The van der Waals surface area contributed by atoms with Crippen molar-refractivity contribution < 1.29 is 31.9 Å². The first-order valence-electron chi connectivity index (χ1n) is 5.64. The summed E-state index contributed by atoms with van der Waals surface area (Å²) in [5.41, 5.74) is -4.61. The molecule has 0 heterocycles. The normalized spacial score (nSPS) is 33.1. The zero-order valence-electron chi connectivity index (χ0n) is 10.5. The number of rotatable bonds is 2. The van der Waals surface area contributed by atoms with Gasteiger partial charge in [-0.2, -0.15) is 17.6 Å². The van der Waals surface area contributed by atoms with E-state index in [1.807, 2.05) is 0 Å². The molecule has 21 heavy (non-hydrogen) atoms. The number of benzene rings is 1. The number of para-hydroxylation sites is 1. The van der Waals surface area contributed by atoms with E-state index >= 15 is 0 Å². The van der Waals surface area contributed by atoms with E-state index in [0.717, 1.165) is 12.1 Å². The number of carbonyl (C=O) groups is 1. The minimum absolute atomic E-state index is 0.169. The van der Waals surface area contributed by atoms with Crippen molar-refractivity contribution in [2.24, 2.45) is 0 Å². The van der Waals surface area contributed by atoms with Crippen LogP contribution in [0.3, 0.4) is 0 Å². The van der Waals surface area contributed by atoms with Crippen molar-refractivity contribution in [1.29, 1.82) is 0 Å². The van der Waals surface area contributed by atoms with Crippen LogP contribution in [0.4, 0.5) is 27.6 Å². The minimum atomic E-state index is -5.33. The molecule has 1 amide bonds. The molecule has 0 aromatic heterocycles. The number of hydrogen-bond donors (Lipinski definition) is 1. The lowest BCUT2D eigenvalue weighted by atomic mass is 9.74. The summed E-state index contributed by atoms with van der Waals surface area (Å²) >= 11 is 4.84. The summed E-state index contributed by atoms with van der Waals surface area (Å²) in [7, 11) is 0. The fraction of sp³-hybridized carbons (Fsp3) is 0.417. The average Bonchev–Trinajstić information content (AvgIpc) is 2.38. The highest BCUT2D eigenvalue weighted by Gasteiger charge is 2.99. The lowest BCUT2D eigenvalue weighted by Gasteiger charge is -2.60. The zero-order valence-corrected chi connectivity index (χ0v) is 11.2. The average molecular weight is 330 g/mol. The van der Waals surface area contributed by atoms with Crippen molar-refractivity contribution >= 4 is 23.2 Å². The summed E-state index contributed by atoms with van der Waals surface area (Å²) < 4.78 is 67.5. The van der Waals surface area contributed by atoms with Crippen LogP contribution in [0, 0.1) is 0 Å². The lowest BCUT2D eigenvalue weighted by molar-refractivity contribution is -0.428. The number of alkyl halides is 6. The molecule has 1 N–H and O–H groups in total. The SMILES string of the molecule is CC(=O)N(c1ccccc1)C1(O)C(F)(F)C(F)(F)C1(F)Cl. The molecule has 0 saturated heterocycles. The molecule has 0 bridgehead atoms. The molecule has 0 radical (unpaired) electrons. The van der Waals surface area contributed by atoms with E-state index in [9.17, 15) is 31.9 Å². The van der Waals surface area contributed by atoms with Crippen LogP contribution in [-0.4, -0.2) is 33.7 Å². The van der Waals surface area contributed by atoms with E-state index < -0.39 is 34.3 Å². The van der Waals surface area contributed by atoms with Crippen molar-refractivity contribution in [3.8, 4) is 0 Å². The van der Waals surface area contributed by atoms with Gasteiger partial charge in [0.05, 0.1) is 0 Å². The largest absolute Gasteiger partial charge is 0.367 e. The standard InChI is InChI=1S/C12H9ClF5NO2/c1-7(20)19(8-5-3-2-4-6-8)12(21)9(13,14)10(15,16)11(12,17)18/h2-6,21H,1H3. The molecule has 116 valence electrons. The van der Waals surface area contributed by atoms with Gasteiger partial charge in [0.2, 0.25) is 5.91 Å². The van der Waals surface area contributed by atoms with Crippen LogP contribution < -0.4 is 4.90 Å². The van der Waals surface area contributed by atoms with Gasteiger partial charge >= 0.3 is 17.0 Å². The summed E-state index contributed by atoms with van der Waals surface area (Å²) in [5, 5.41) is 5.32. The van der Waals surface area contributed by atoms with Gasteiger partial charge in [-0.15, -0.1) is 0 Å². The third-order valence-electron chi connectivity index (χ3n) is 3.32. The highest BCUT2D eigenvalue weighted by atomic mass is 35.5. The summed E-state index contributed by atoms with van der Waals surface area (Å²) in [4.78, 5) is 11.4. The van der Waals surface area contributed by atoms with Gasteiger partial charge in [0.25, 0.3) is 5.72 Å². The number of halogens is 6. The molecule has 0 aliphatic heterocycles. The van der Waals surface area contributed by atoms with E-state index in [0.29, 0.717) is 6.92 Å². The third kappa shape index (κ3) is 1.60. The summed E-state index contributed by atoms with van der Waals surface area (Å²) in [5.74, 6) is -11.9. The second-order valence-electron chi connectivity index (χ2n) is 4.59. The summed E-state index contributed by atoms with van der Waals surface area (Å²) in [6.45, 7) is 0.713. The molecule has 1 aromatic rings. The number of anilines is 1. The quantitative estimate of drug-likeness (QED) is 0.515. The molecule has 3 nitrogen and oxygen atoms in total. The van der Waals surface area contributed by atoms with Gasteiger partial charge in [-0.1, -0.05) is 29.8 Å². The Labute approximate surface area is 120 Å². The van der Waals surface area contributed by atoms with Crippen molar-refractivity contribution in [2.45, 2.75) is 29.6 Å². The number of amides is 1. The first kappa shape index (κ1) is 16.0. The molecule has 1 fully saturated rings. The molecular weight excluding hydrogens is 321 g/mol. The van der Waals surface area contributed by atoms with Gasteiger partial charge in [0.1, 0.15) is 0 Å². The Hall–Kier alpha value is -1.41. The fourth-order valence-corrected chi connectivity index (χ4v) is 2.55. The predicted molar refractivity (Wildman–Crippen MR) is 64.1 cm³/mol. The Bertz CT molecular complexity index is 560. The van der Waals surface area contributed by atoms with Gasteiger partial charge in [0, 0.05) is 12.6 Å². The second kappa shape index (κ2) is 4.30. The van der Waals surface area contributed by atoms with Crippen molar-refractivity contribution in [3.05, 3.63) is 30.3 Å². The maximum absolute atomic E-state index is 13.9. The number of nitrogens with zero attached hydrogens (tertiary/aromatic N) is 1. The maximum Gasteiger partial charge on any atom is 0.367 e. The highest BCUT2D eigenvalue weighted by Crippen LogP contribution is 2.69. The van der Waals surface area contributed by atoms with E-state index in [4.69, 9.17) is 11.6 Å². The Morgan fingerprint density at radius 3 is 1.95 bits per heavy atom. The molecule has 1 saturated carbocycles. The summed E-state index contributed by atoms with van der Waals surface area (Å²) in [6.07, 6.45) is 0. The second-order valence-corrected chi connectivity index (χ2v) is 5.11. The summed E-state index contributed by atoms with van der Waals surface area (Å²) in [6, 6.07) is 6.16. The van der Waals surface area contributed by atoms with Gasteiger partial charge < -0.3 is 5.11 Å². The molecule has 1 aromatic carbocycles. The van der Waals surface area contributed by atoms with Crippen LogP contribution >= 0.6 is 11.6 Å². The fourth-order valence-electron chi connectivity index (χ4n) is 2.22. The smallest absolute Gasteiger partial charge is 0.362 e. The molecule has 2 unspecified atom stereocenters. The molecule has 9 heteroatoms. The van der Waals surface area contributed by atoms with Crippen LogP contribution in [0.15, 0.2) is 30.3 Å². The number of aliphatic hydroxyl groups is 1. The van der Waals surface area contributed by atoms with Crippen molar-refractivity contribution in [3.63, 3.8) is 0 Å². The topological polar surface area (TPSA) is 40.5 Å². The van der Waals surface area contributed by atoms with Crippen molar-refractivity contribution in [2.75, 3.05) is 4.90 Å². The van der Waals surface area contributed by atoms with Crippen LogP contribution in [-0.2, 0) is 4.79 Å². The highest BCUT2D eigenvalue weighted by molar-refractivity contribution is 6.26. The van der Waals surface area contributed by atoms with E-state index in [-0.39, 0.29) is 4.90 Å². The van der Waals surface area contributed by atoms with E-state index in [1.165, 1.54) is 18.2 Å². The van der Waals surface area contributed by atoms with Crippen LogP contribution in [0.25, 0.3) is 0 Å². The first-order chi connectivity index (χ1) is 9.43. The minimum Gasteiger partial charge on any atom is -0.362 e. The Morgan fingerprint density at radius 2 is 1.57 bits per heavy atom. The van der Waals surface area contributed by atoms with E-state index in [2.05, 4.69) is 0 Å². The van der Waals surface area contributed by atoms with Gasteiger partial charge in [-0.05, 0) is 12.1 Å². The molecular formula is C12H9ClF5NO2. The van der Waals surface area contributed by atoms with Crippen LogP contribution in [0.1, 0.15) is 6.92 Å². The number of carbonyl (C=O) groups excluding carboxylic acids is 1. The third-order valence-corrected chi connectivity index (χ3v) is 3.82. The molecule has 1 aliphatic carbocycles. The molecule has 2 atom stereocenters. The Balaban J connectivity index is 2.64. The lowest BCUT2D eigenvalue weighted by Crippen LogP contribution is -2.91. The maximum atomic E-state index is 13.9. The Kier molecular flexibility index (Phi) is 3.27. The molecule has 2 rings (SSSR count). The van der Waals surface area contributed by atoms with Crippen molar-refractivity contribution in [1.82, 2.24) is 0 Å². The predicted octanol–water partition coefficient (Wildman–Crippen LogP) is 2.92. The van der Waals surface area contributed by atoms with Crippen LogP contribution in [0.5, 0.6) is 0 Å². The molecule has 1 aliphatic rings.